The number of carbonyl (C=O) groups excluding carboxylic acids is 1. The second-order valence-electron chi connectivity index (χ2n) is 6.34. The molecule has 0 saturated carbocycles. The quantitative estimate of drug-likeness (QED) is 0.701. The van der Waals surface area contributed by atoms with Gasteiger partial charge in [-0.1, -0.05) is 11.3 Å². The number of benzene rings is 1. The molecule has 7 nitrogen and oxygen atoms in total. The molecule has 148 valence electrons. The molecule has 1 aromatic heterocycles. The summed E-state index contributed by atoms with van der Waals surface area (Å²) in [6, 6.07) is 5.07. The minimum Gasteiger partial charge on any atom is -0.497 e. The van der Waals surface area contributed by atoms with Gasteiger partial charge in [0.15, 0.2) is 4.80 Å². The molecule has 1 aliphatic rings. The van der Waals surface area contributed by atoms with Crippen molar-refractivity contribution in [3.63, 3.8) is 0 Å². The van der Waals surface area contributed by atoms with Gasteiger partial charge in [-0.3, -0.25) is 4.79 Å². The third kappa shape index (κ3) is 4.39. The molecule has 2 aromatic rings. The van der Waals surface area contributed by atoms with Crippen molar-refractivity contribution in [3.05, 3.63) is 23.0 Å². The van der Waals surface area contributed by atoms with E-state index in [4.69, 9.17) is 4.74 Å². The maximum atomic E-state index is 12.8. The van der Waals surface area contributed by atoms with Gasteiger partial charge in [0, 0.05) is 24.9 Å². The van der Waals surface area contributed by atoms with Crippen LogP contribution in [0.1, 0.15) is 12.8 Å². The van der Waals surface area contributed by atoms with Crippen molar-refractivity contribution in [1.29, 1.82) is 0 Å². The van der Waals surface area contributed by atoms with Crippen LogP contribution in [0, 0.1) is 0 Å². The highest BCUT2D eigenvalue weighted by molar-refractivity contribution is 7.98. The first-order valence-electron chi connectivity index (χ1n) is 8.57. The van der Waals surface area contributed by atoms with Crippen LogP contribution < -0.4 is 9.54 Å². The van der Waals surface area contributed by atoms with Crippen LogP contribution in [0.2, 0.25) is 0 Å². The normalized spacial score (nSPS) is 19.1. The van der Waals surface area contributed by atoms with Gasteiger partial charge in [-0.2, -0.15) is 21.1 Å². The summed E-state index contributed by atoms with van der Waals surface area (Å²) in [4.78, 5) is 17.7. The van der Waals surface area contributed by atoms with Crippen LogP contribution in [0.25, 0.3) is 10.2 Å². The third-order valence-electron chi connectivity index (χ3n) is 4.53. The van der Waals surface area contributed by atoms with Gasteiger partial charge < -0.3 is 9.30 Å². The molecule has 1 fully saturated rings. The van der Waals surface area contributed by atoms with Gasteiger partial charge in [-0.05, 0) is 31.2 Å². The lowest BCUT2D eigenvalue weighted by Crippen LogP contribution is -2.40. The molecule has 3 rings (SSSR count). The summed E-state index contributed by atoms with van der Waals surface area (Å²) >= 11 is 3.15. The summed E-state index contributed by atoms with van der Waals surface area (Å²) in [5.74, 6) is 1.23. The summed E-state index contributed by atoms with van der Waals surface area (Å²) in [5.41, 5.74) is 0.964. The van der Waals surface area contributed by atoms with Crippen molar-refractivity contribution in [3.8, 4) is 5.75 Å². The number of rotatable bonds is 6. The molecular formula is C17H23N3O4S3. The molecule has 1 aliphatic heterocycles. The summed E-state index contributed by atoms with van der Waals surface area (Å²) in [5, 5.41) is 0. The number of methoxy groups -OCH3 is 1. The van der Waals surface area contributed by atoms with E-state index in [1.165, 1.54) is 15.6 Å². The zero-order chi connectivity index (χ0) is 19.6. The highest BCUT2D eigenvalue weighted by Gasteiger charge is 2.36. The fourth-order valence-electron chi connectivity index (χ4n) is 3.21. The number of amides is 1. The third-order valence-corrected chi connectivity index (χ3v) is 7.47. The molecule has 1 unspecified atom stereocenters. The number of carbonyl (C=O) groups is 1. The summed E-state index contributed by atoms with van der Waals surface area (Å²) in [6.45, 7) is 1.09. The zero-order valence-corrected chi connectivity index (χ0v) is 18.0. The van der Waals surface area contributed by atoms with Crippen molar-refractivity contribution in [2.45, 2.75) is 25.4 Å². The molecule has 1 saturated heterocycles. The Morgan fingerprint density at radius 2 is 2.22 bits per heavy atom. The number of aromatic nitrogens is 1. The first-order chi connectivity index (χ1) is 12.8. The molecule has 2 heterocycles. The van der Waals surface area contributed by atoms with Gasteiger partial charge >= 0.3 is 0 Å². The van der Waals surface area contributed by atoms with Gasteiger partial charge in [0.2, 0.25) is 10.0 Å². The standard InChI is InChI=1S/C17H23N3O4S3/c1-24-12-6-7-15-14(11-12)19(9-10-25-2)17(26-15)18-16(21)13-5-4-8-20(13)27(3,22)23/h6-7,11,13H,4-5,8-10H2,1-3H3. The Bertz CT molecular complexity index is 1010. The van der Waals surface area contributed by atoms with E-state index in [-0.39, 0.29) is 0 Å². The van der Waals surface area contributed by atoms with Crippen molar-refractivity contribution in [1.82, 2.24) is 8.87 Å². The second-order valence-corrected chi connectivity index (χ2v) is 10.3. The Balaban J connectivity index is 2.05. The molecule has 0 aliphatic carbocycles. The number of nitrogens with zero attached hydrogens (tertiary/aromatic N) is 3. The molecular weight excluding hydrogens is 406 g/mol. The molecule has 10 heteroatoms. The number of fused-ring (bicyclic) bond motifs is 1. The predicted molar refractivity (Wildman–Crippen MR) is 110 cm³/mol. The van der Waals surface area contributed by atoms with Crippen LogP contribution in [0.5, 0.6) is 5.75 Å². The van der Waals surface area contributed by atoms with E-state index in [2.05, 4.69) is 4.99 Å². The minimum atomic E-state index is -3.42. The van der Waals surface area contributed by atoms with Gasteiger partial charge in [-0.25, -0.2) is 8.42 Å². The fourth-order valence-corrected chi connectivity index (χ4v) is 5.74. The van der Waals surface area contributed by atoms with E-state index in [0.29, 0.717) is 30.7 Å². The van der Waals surface area contributed by atoms with Gasteiger partial charge in [0.25, 0.3) is 5.91 Å². The molecule has 27 heavy (non-hydrogen) atoms. The Kier molecular flexibility index (Phi) is 6.29. The van der Waals surface area contributed by atoms with Crippen LogP contribution in [0.3, 0.4) is 0 Å². The molecule has 1 amide bonds. The van der Waals surface area contributed by atoms with Crippen molar-refractivity contribution >= 4 is 49.2 Å². The number of hydrogen-bond donors (Lipinski definition) is 0. The molecule has 0 N–H and O–H groups in total. The Morgan fingerprint density at radius 1 is 1.44 bits per heavy atom. The smallest absolute Gasteiger partial charge is 0.266 e. The van der Waals surface area contributed by atoms with Crippen molar-refractivity contribution < 1.29 is 17.9 Å². The maximum Gasteiger partial charge on any atom is 0.266 e. The maximum absolute atomic E-state index is 12.8. The lowest BCUT2D eigenvalue weighted by Gasteiger charge is -2.18. The average Bonchev–Trinajstić information content (AvgIpc) is 3.24. The Labute approximate surface area is 167 Å². The second kappa shape index (κ2) is 8.34. The van der Waals surface area contributed by atoms with Crippen LogP contribution >= 0.6 is 23.1 Å². The molecule has 1 atom stereocenters. The number of sulfonamides is 1. The van der Waals surface area contributed by atoms with Crippen molar-refractivity contribution in [2.24, 2.45) is 4.99 Å². The number of ether oxygens (including phenoxy) is 1. The average molecular weight is 430 g/mol. The van der Waals surface area contributed by atoms with Crippen molar-refractivity contribution in [2.75, 3.05) is 31.9 Å². The zero-order valence-electron chi connectivity index (χ0n) is 15.5. The molecule has 0 spiro atoms. The number of aryl methyl sites for hydroxylation is 1. The van der Waals surface area contributed by atoms with E-state index >= 15 is 0 Å². The van der Waals surface area contributed by atoms with Crippen LogP contribution in [0.4, 0.5) is 0 Å². The first kappa shape index (κ1) is 20.4. The molecule has 0 bridgehead atoms. The monoisotopic (exact) mass is 429 g/mol. The Hall–Kier alpha value is -1.36. The van der Waals surface area contributed by atoms with Gasteiger partial charge in [-0.15, -0.1) is 0 Å². The Morgan fingerprint density at radius 3 is 2.89 bits per heavy atom. The van der Waals surface area contributed by atoms with Gasteiger partial charge in [0.05, 0.1) is 23.6 Å². The lowest BCUT2D eigenvalue weighted by molar-refractivity contribution is -0.121. The topological polar surface area (TPSA) is 81.0 Å². The van der Waals surface area contributed by atoms with E-state index in [0.717, 1.165) is 28.0 Å². The number of hydrogen-bond acceptors (Lipinski definition) is 6. The summed E-state index contributed by atoms with van der Waals surface area (Å²) in [6.07, 6.45) is 4.36. The van der Waals surface area contributed by atoms with Crippen LogP contribution in [-0.4, -0.2) is 61.2 Å². The highest BCUT2D eigenvalue weighted by Crippen LogP contribution is 2.24. The van der Waals surface area contributed by atoms with Crippen LogP contribution in [-0.2, 0) is 21.4 Å². The highest BCUT2D eigenvalue weighted by atomic mass is 32.2. The predicted octanol–water partition coefficient (Wildman–Crippen LogP) is 1.93. The van der Waals surface area contributed by atoms with E-state index in [1.54, 1.807) is 18.9 Å². The van der Waals surface area contributed by atoms with E-state index in [9.17, 15) is 13.2 Å². The number of thioether (sulfide) groups is 1. The van der Waals surface area contributed by atoms with Crippen LogP contribution in [0.15, 0.2) is 23.2 Å². The van der Waals surface area contributed by atoms with E-state index in [1.807, 2.05) is 29.0 Å². The number of thiazole rings is 1. The minimum absolute atomic E-state index is 0.376. The summed E-state index contributed by atoms with van der Waals surface area (Å²) in [7, 11) is -1.80. The van der Waals surface area contributed by atoms with Gasteiger partial charge in [0.1, 0.15) is 11.8 Å². The first-order valence-corrected chi connectivity index (χ1v) is 12.6. The molecule has 1 aromatic carbocycles. The summed E-state index contributed by atoms with van der Waals surface area (Å²) < 4.78 is 33.5. The SMILES string of the molecule is COc1ccc2sc(=NC(=O)C3CCCN3S(C)(=O)=O)n(CCSC)c2c1. The molecule has 0 radical (unpaired) electrons. The van der Waals surface area contributed by atoms with E-state index < -0.39 is 22.0 Å². The fraction of sp³-hybridized carbons (Fsp3) is 0.529. The lowest BCUT2D eigenvalue weighted by atomic mass is 10.2. The largest absolute Gasteiger partial charge is 0.497 e.